The molecule has 3 rings (SSSR count). The van der Waals surface area contributed by atoms with Crippen LogP contribution < -0.4 is 10.4 Å². The molecule has 0 spiro atoms. The lowest BCUT2D eigenvalue weighted by molar-refractivity contribution is 0.415. The maximum atomic E-state index is 12.0. The van der Waals surface area contributed by atoms with E-state index < -0.39 is 0 Å². The molecule has 0 aliphatic carbocycles. The molecule has 1 aromatic carbocycles. The minimum atomic E-state index is -0.189. The van der Waals surface area contributed by atoms with Gasteiger partial charge in [-0.2, -0.15) is 0 Å². The van der Waals surface area contributed by atoms with Crippen molar-refractivity contribution in [3.05, 3.63) is 53.2 Å². The molecule has 0 aliphatic heterocycles. The second-order valence-corrected chi connectivity index (χ2v) is 3.86. The highest BCUT2D eigenvalue weighted by Crippen LogP contribution is 2.20. The number of nitrogens with zero attached hydrogens (tertiary/aromatic N) is 2. The lowest BCUT2D eigenvalue weighted by Crippen LogP contribution is -2.14. The molecule has 0 saturated carbocycles. The van der Waals surface area contributed by atoms with E-state index in [9.17, 15) is 4.79 Å². The third kappa shape index (κ3) is 1.57. The van der Waals surface area contributed by atoms with E-state index in [0.717, 1.165) is 16.7 Å². The molecule has 90 valence electrons. The SMILES string of the molecule is COc1ccc2[nH]c(=O)n(-c3cccnc3)c2c1. The first-order chi connectivity index (χ1) is 8.79. The van der Waals surface area contributed by atoms with Crippen LogP contribution in [0.3, 0.4) is 0 Å². The summed E-state index contributed by atoms with van der Waals surface area (Å²) in [5.74, 6) is 0.708. The van der Waals surface area contributed by atoms with Crippen LogP contribution in [0.25, 0.3) is 16.7 Å². The number of methoxy groups -OCH3 is 1. The maximum Gasteiger partial charge on any atom is 0.331 e. The Morgan fingerprint density at radius 2 is 2.22 bits per heavy atom. The van der Waals surface area contributed by atoms with Gasteiger partial charge in [0.25, 0.3) is 0 Å². The molecule has 5 heteroatoms. The molecule has 2 aromatic heterocycles. The van der Waals surface area contributed by atoms with Crippen molar-refractivity contribution in [2.45, 2.75) is 0 Å². The molecular formula is C13H11N3O2. The minimum Gasteiger partial charge on any atom is -0.497 e. The van der Waals surface area contributed by atoms with Crippen LogP contribution in [0.4, 0.5) is 0 Å². The normalized spacial score (nSPS) is 10.7. The molecule has 1 N–H and O–H groups in total. The number of aromatic amines is 1. The summed E-state index contributed by atoms with van der Waals surface area (Å²) in [5, 5.41) is 0. The number of aromatic nitrogens is 3. The van der Waals surface area contributed by atoms with Crippen LogP contribution in [-0.4, -0.2) is 21.6 Å². The van der Waals surface area contributed by atoms with E-state index in [-0.39, 0.29) is 5.69 Å². The van der Waals surface area contributed by atoms with Gasteiger partial charge in [0.15, 0.2) is 0 Å². The smallest absolute Gasteiger partial charge is 0.331 e. The number of rotatable bonds is 2. The molecule has 18 heavy (non-hydrogen) atoms. The van der Waals surface area contributed by atoms with Crippen LogP contribution in [0, 0.1) is 0 Å². The minimum absolute atomic E-state index is 0.189. The fourth-order valence-corrected chi connectivity index (χ4v) is 1.95. The highest BCUT2D eigenvalue weighted by molar-refractivity contribution is 5.78. The van der Waals surface area contributed by atoms with Gasteiger partial charge in [-0.1, -0.05) is 0 Å². The molecule has 0 fully saturated rings. The quantitative estimate of drug-likeness (QED) is 0.743. The predicted octanol–water partition coefficient (Wildman–Crippen LogP) is 1.72. The van der Waals surface area contributed by atoms with Crippen LogP contribution in [0.15, 0.2) is 47.5 Å². The number of hydrogen-bond acceptors (Lipinski definition) is 3. The third-order valence-electron chi connectivity index (χ3n) is 2.79. The molecule has 3 aromatic rings. The summed E-state index contributed by atoms with van der Waals surface area (Å²) >= 11 is 0. The first-order valence-corrected chi connectivity index (χ1v) is 5.49. The maximum absolute atomic E-state index is 12.0. The van der Waals surface area contributed by atoms with E-state index in [2.05, 4.69) is 9.97 Å². The number of hydrogen-bond donors (Lipinski definition) is 1. The molecule has 0 atom stereocenters. The van der Waals surface area contributed by atoms with E-state index in [1.54, 1.807) is 30.1 Å². The van der Waals surface area contributed by atoms with Crippen molar-refractivity contribution in [1.82, 2.24) is 14.5 Å². The highest BCUT2D eigenvalue weighted by atomic mass is 16.5. The molecule has 5 nitrogen and oxygen atoms in total. The van der Waals surface area contributed by atoms with Gasteiger partial charge in [0.2, 0.25) is 0 Å². The summed E-state index contributed by atoms with van der Waals surface area (Å²) in [6, 6.07) is 9.08. The van der Waals surface area contributed by atoms with Crippen molar-refractivity contribution in [3.8, 4) is 11.4 Å². The van der Waals surface area contributed by atoms with Crippen molar-refractivity contribution in [2.75, 3.05) is 7.11 Å². The number of pyridine rings is 1. The lowest BCUT2D eigenvalue weighted by Gasteiger charge is -2.03. The van der Waals surface area contributed by atoms with Crippen molar-refractivity contribution >= 4 is 11.0 Å². The zero-order chi connectivity index (χ0) is 12.5. The summed E-state index contributed by atoms with van der Waals surface area (Å²) < 4.78 is 6.75. The zero-order valence-electron chi connectivity index (χ0n) is 9.75. The fraction of sp³-hybridized carbons (Fsp3) is 0.0769. The lowest BCUT2D eigenvalue weighted by atomic mass is 10.3. The summed E-state index contributed by atoms with van der Waals surface area (Å²) in [6.07, 6.45) is 3.32. The average molecular weight is 241 g/mol. The standard InChI is InChI=1S/C13H11N3O2/c1-18-10-4-5-11-12(7-10)16(13(17)15-11)9-3-2-6-14-8-9/h2-8H,1H3,(H,15,17). The number of benzene rings is 1. The van der Waals surface area contributed by atoms with Crippen molar-refractivity contribution in [1.29, 1.82) is 0 Å². The van der Waals surface area contributed by atoms with Gasteiger partial charge in [0.1, 0.15) is 5.75 Å². The Kier molecular flexibility index (Phi) is 2.37. The second-order valence-electron chi connectivity index (χ2n) is 3.86. The Morgan fingerprint density at radius 1 is 1.33 bits per heavy atom. The second kappa shape index (κ2) is 4.03. The first kappa shape index (κ1) is 10.6. The number of fused-ring (bicyclic) bond motifs is 1. The van der Waals surface area contributed by atoms with Gasteiger partial charge in [-0.15, -0.1) is 0 Å². The number of H-pyrrole nitrogens is 1. The van der Waals surface area contributed by atoms with Gasteiger partial charge in [-0.05, 0) is 24.3 Å². The van der Waals surface area contributed by atoms with Gasteiger partial charge in [0, 0.05) is 12.3 Å². The Bertz CT molecular complexity index is 744. The van der Waals surface area contributed by atoms with Crippen LogP contribution in [0.1, 0.15) is 0 Å². The molecule has 0 unspecified atom stereocenters. The highest BCUT2D eigenvalue weighted by Gasteiger charge is 2.09. The van der Waals surface area contributed by atoms with E-state index in [1.807, 2.05) is 24.3 Å². The van der Waals surface area contributed by atoms with E-state index in [1.165, 1.54) is 0 Å². The molecule has 2 heterocycles. The van der Waals surface area contributed by atoms with E-state index >= 15 is 0 Å². The molecule has 0 saturated heterocycles. The van der Waals surface area contributed by atoms with Crippen LogP contribution in [-0.2, 0) is 0 Å². The molecule has 0 radical (unpaired) electrons. The van der Waals surface area contributed by atoms with Crippen molar-refractivity contribution in [3.63, 3.8) is 0 Å². The third-order valence-corrected chi connectivity index (χ3v) is 2.79. The van der Waals surface area contributed by atoms with Gasteiger partial charge >= 0.3 is 5.69 Å². The summed E-state index contributed by atoms with van der Waals surface area (Å²) in [6.45, 7) is 0. The van der Waals surface area contributed by atoms with Crippen LogP contribution in [0.2, 0.25) is 0 Å². The van der Waals surface area contributed by atoms with Gasteiger partial charge in [-0.25, -0.2) is 4.79 Å². The number of ether oxygens (including phenoxy) is 1. The van der Waals surface area contributed by atoms with E-state index in [4.69, 9.17) is 4.74 Å². The zero-order valence-corrected chi connectivity index (χ0v) is 9.75. The summed E-state index contributed by atoms with van der Waals surface area (Å²) in [4.78, 5) is 18.8. The number of nitrogens with one attached hydrogen (secondary N) is 1. The fourth-order valence-electron chi connectivity index (χ4n) is 1.95. The molecule has 0 bridgehead atoms. The summed E-state index contributed by atoms with van der Waals surface area (Å²) in [5.41, 5.74) is 2.07. The van der Waals surface area contributed by atoms with Gasteiger partial charge < -0.3 is 9.72 Å². The predicted molar refractivity (Wildman–Crippen MR) is 68.2 cm³/mol. The van der Waals surface area contributed by atoms with Gasteiger partial charge in [0.05, 0.1) is 30.0 Å². The Labute approximate surface area is 103 Å². The Morgan fingerprint density at radius 3 is 2.94 bits per heavy atom. The summed E-state index contributed by atoms with van der Waals surface area (Å²) in [7, 11) is 1.60. The van der Waals surface area contributed by atoms with Crippen molar-refractivity contribution < 1.29 is 4.74 Å². The number of imidazole rings is 1. The topological polar surface area (TPSA) is 59.9 Å². The molecule has 0 aliphatic rings. The molecular weight excluding hydrogens is 230 g/mol. The van der Waals surface area contributed by atoms with E-state index in [0.29, 0.717) is 5.75 Å². The largest absolute Gasteiger partial charge is 0.497 e. The first-order valence-electron chi connectivity index (χ1n) is 5.49. The van der Waals surface area contributed by atoms with Crippen LogP contribution >= 0.6 is 0 Å². The van der Waals surface area contributed by atoms with Crippen molar-refractivity contribution in [2.24, 2.45) is 0 Å². The molecule has 0 amide bonds. The Balaban J connectivity index is 2.34. The van der Waals surface area contributed by atoms with Crippen LogP contribution in [0.5, 0.6) is 5.75 Å². The average Bonchev–Trinajstić information content (AvgIpc) is 2.74. The van der Waals surface area contributed by atoms with Gasteiger partial charge in [-0.3, -0.25) is 9.55 Å². The monoisotopic (exact) mass is 241 g/mol. The Hall–Kier alpha value is -2.56.